The summed E-state index contributed by atoms with van der Waals surface area (Å²) in [6.45, 7) is 1.66. The number of hydrogen-bond acceptors (Lipinski definition) is 8. The second kappa shape index (κ2) is 8.78. The minimum atomic E-state index is -1.14. The average Bonchev–Trinajstić information content (AvgIpc) is 3.27. The van der Waals surface area contributed by atoms with Crippen LogP contribution in [0.1, 0.15) is 21.9 Å². The summed E-state index contributed by atoms with van der Waals surface area (Å²) in [6.07, 6.45) is 3.13. The van der Waals surface area contributed by atoms with Crippen molar-refractivity contribution in [3.8, 4) is 0 Å². The molecule has 3 N–H and O–H groups in total. The Kier molecular flexibility index (Phi) is 5.77. The van der Waals surface area contributed by atoms with Crippen molar-refractivity contribution in [3.05, 3.63) is 74.5 Å². The van der Waals surface area contributed by atoms with E-state index < -0.39 is 40.8 Å². The fraction of sp³-hybridized carbons (Fsp3) is 0.217. The molecule has 5 rings (SSSR count). The van der Waals surface area contributed by atoms with Crippen LogP contribution in [0.2, 0.25) is 0 Å². The number of rotatable bonds is 4. The molecule has 1 aromatic carbocycles. The highest BCUT2D eigenvalue weighted by Crippen LogP contribution is 2.53. The van der Waals surface area contributed by atoms with Gasteiger partial charge in [-0.1, -0.05) is 46.9 Å². The zero-order valence-corrected chi connectivity index (χ0v) is 20.0. The van der Waals surface area contributed by atoms with E-state index in [-0.39, 0.29) is 11.4 Å². The number of hydrogen-bond donors (Lipinski definition) is 2. The first-order valence-corrected chi connectivity index (χ1v) is 12.3. The number of pyridine rings is 1. The number of imide groups is 3. The number of nitrogens with two attached hydrogens (primary N) is 1. The summed E-state index contributed by atoms with van der Waals surface area (Å²) >= 11 is 1.92. The van der Waals surface area contributed by atoms with Gasteiger partial charge in [-0.3, -0.25) is 28.7 Å². The van der Waals surface area contributed by atoms with E-state index in [0.29, 0.717) is 26.1 Å². The number of aryl methyl sites for hydroxylation is 1. The quantitative estimate of drug-likeness (QED) is 0.511. The molecule has 3 aromatic rings. The van der Waals surface area contributed by atoms with Gasteiger partial charge in [0, 0.05) is 28.9 Å². The van der Waals surface area contributed by atoms with Crippen LogP contribution in [0.25, 0.3) is 0 Å². The van der Waals surface area contributed by atoms with Gasteiger partial charge < -0.3 is 11.1 Å². The van der Waals surface area contributed by atoms with Crippen molar-refractivity contribution in [2.24, 2.45) is 11.7 Å². The van der Waals surface area contributed by atoms with Gasteiger partial charge in [-0.15, -0.1) is 0 Å². The molecule has 1 fully saturated rings. The van der Waals surface area contributed by atoms with Gasteiger partial charge >= 0.3 is 10.9 Å². The van der Waals surface area contributed by atoms with E-state index in [1.54, 1.807) is 36.7 Å². The number of fused-ring (bicyclic) bond motifs is 2. The zero-order chi connectivity index (χ0) is 24.9. The second-order valence-corrected chi connectivity index (χ2v) is 10.3. The third-order valence-corrected chi connectivity index (χ3v) is 8.55. The van der Waals surface area contributed by atoms with Crippen molar-refractivity contribution < 1.29 is 19.2 Å². The molecule has 5 amide bonds. The summed E-state index contributed by atoms with van der Waals surface area (Å²) in [5.41, 5.74) is 7.57. The van der Waals surface area contributed by atoms with Gasteiger partial charge in [0.25, 0.3) is 5.91 Å². The van der Waals surface area contributed by atoms with Gasteiger partial charge in [-0.25, -0.2) is 4.79 Å². The molecule has 0 aliphatic carbocycles. The molecular formula is C23H19N5O5S2. The summed E-state index contributed by atoms with van der Waals surface area (Å²) < 4.78 is 1.30. The molecule has 2 aliphatic heterocycles. The zero-order valence-electron chi connectivity index (χ0n) is 18.3. The van der Waals surface area contributed by atoms with Crippen LogP contribution in [0.15, 0.2) is 58.6 Å². The number of aromatic nitrogens is 2. The van der Waals surface area contributed by atoms with Gasteiger partial charge in [0.15, 0.2) is 0 Å². The molecule has 0 radical (unpaired) electrons. The first-order chi connectivity index (χ1) is 16.8. The number of carbonyl (C=O) groups excluding carboxylic acids is 4. The summed E-state index contributed by atoms with van der Waals surface area (Å²) in [5.74, 6) is -3.46. The van der Waals surface area contributed by atoms with Crippen LogP contribution in [0.3, 0.4) is 0 Å². The molecule has 0 bridgehead atoms. The number of thioether (sulfide) groups is 1. The van der Waals surface area contributed by atoms with E-state index >= 15 is 0 Å². The number of benzene rings is 1. The van der Waals surface area contributed by atoms with Gasteiger partial charge in [0.1, 0.15) is 11.8 Å². The monoisotopic (exact) mass is 509 g/mol. The maximum atomic E-state index is 13.1. The van der Waals surface area contributed by atoms with Crippen LogP contribution in [0.5, 0.6) is 0 Å². The number of likely N-dealkylation sites (tertiary alicyclic amines) is 1. The van der Waals surface area contributed by atoms with Gasteiger partial charge in [0.2, 0.25) is 11.8 Å². The number of carbonyl (C=O) groups is 4. The third kappa shape index (κ3) is 3.94. The number of urea groups is 1. The van der Waals surface area contributed by atoms with Crippen LogP contribution >= 0.6 is 23.1 Å². The van der Waals surface area contributed by atoms with E-state index in [0.717, 1.165) is 28.7 Å². The van der Waals surface area contributed by atoms with Crippen molar-refractivity contribution in [2.75, 3.05) is 5.32 Å². The Hall–Kier alpha value is -3.77. The predicted octanol–water partition coefficient (Wildman–Crippen LogP) is 1.92. The number of nitrogens with zero attached hydrogens (tertiary/aromatic N) is 3. The molecule has 2 aliphatic rings. The third-order valence-electron chi connectivity index (χ3n) is 5.95. The Bertz CT molecular complexity index is 1420. The molecule has 35 heavy (non-hydrogen) atoms. The lowest BCUT2D eigenvalue weighted by Gasteiger charge is -2.30. The molecule has 2 unspecified atom stereocenters. The standard InChI is InChI=1S/C23H19N5O5S2/c1-11-4-6-13(7-5-11)26-14(29)10-27-21-18(35-23(27)33)15(12-3-2-8-25-9-12)16-17(34-21)20(31)28(19(16)30)22(24)32/h2-9,15-17H,10H2,1H3,(H2,24,32)(H,26,29)/t15-,16?,17?/m0/s1. The minimum absolute atomic E-state index is 0.273. The number of amides is 5. The molecule has 0 saturated carbocycles. The SMILES string of the molecule is Cc1ccc(NC(=O)Cn2c3c(sc2=O)[C@@H](c2cccnc2)C2C(=O)N(C(N)=O)C(=O)C2S3)cc1. The van der Waals surface area contributed by atoms with Crippen molar-refractivity contribution >= 4 is 52.5 Å². The van der Waals surface area contributed by atoms with Crippen LogP contribution in [-0.4, -0.2) is 43.5 Å². The van der Waals surface area contributed by atoms with E-state index in [4.69, 9.17) is 5.73 Å². The summed E-state index contributed by atoms with van der Waals surface area (Å²) in [6, 6.07) is 9.53. The highest BCUT2D eigenvalue weighted by atomic mass is 32.2. The first-order valence-electron chi connectivity index (χ1n) is 10.6. The average molecular weight is 510 g/mol. The Morgan fingerprint density at radius 1 is 1.11 bits per heavy atom. The van der Waals surface area contributed by atoms with Crippen LogP contribution in [0, 0.1) is 12.8 Å². The van der Waals surface area contributed by atoms with Crippen molar-refractivity contribution in [1.29, 1.82) is 0 Å². The van der Waals surface area contributed by atoms with Gasteiger partial charge in [-0.2, -0.15) is 4.90 Å². The van der Waals surface area contributed by atoms with E-state index in [1.807, 2.05) is 19.1 Å². The maximum Gasteiger partial charge on any atom is 0.328 e. The molecule has 3 atom stereocenters. The van der Waals surface area contributed by atoms with E-state index in [1.165, 1.54) is 4.57 Å². The van der Waals surface area contributed by atoms with Gasteiger partial charge in [0.05, 0.1) is 10.9 Å². The highest BCUT2D eigenvalue weighted by Gasteiger charge is 2.57. The van der Waals surface area contributed by atoms with Crippen LogP contribution < -0.4 is 15.9 Å². The van der Waals surface area contributed by atoms with Crippen molar-refractivity contribution in [3.63, 3.8) is 0 Å². The largest absolute Gasteiger partial charge is 0.351 e. The normalized spacial score (nSPS) is 20.9. The fourth-order valence-electron chi connectivity index (χ4n) is 4.37. The maximum absolute atomic E-state index is 13.1. The Labute approximate surface area is 207 Å². The van der Waals surface area contributed by atoms with Crippen LogP contribution in [-0.2, 0) is 20.9 Å². The summed E-state index contributed by atoms with van der Waals surface area (Å²) in [7, 11) is 0. The van der Waals surface area contributed by atoms with Crippen molar-refractivity contribution in [1.82, 2.24) is 14.5 Å². The predicted molar refractivity (Wildman–Crippen MR) is 129 cm³/mol. The number of thiazole rings is 1. The molecule has 1 saturated heterocycles. The summed E-state index contributed by atoms with van der Waals surface area (Å²) in [5, 5.41) is 2.22. The molecule has 10 nitrogen and oxygen atoms in total. The lowest BCUT2D eigenvalue weighted by atomic mass is 9.84. The van der Waals surface area contributed by atoms with E-state index in [9.17, 15) is 24.0 Å². The Morgan fingerprint density at radius 3 is 2.51 bits per heavy atom. The smallest absolute Gasteiger partial charge is 0.328 e. The molecule has 0 spiro atoms. The topological polar surface area (TPSA) is 144 Å². The lowest BCUT2D eigenvalue weighted by Crippen LogP contribution is -2.41. The van der Waals surface area contributed by atoms with Crippen molar-refractivity contribution in [2.45, 2.75) is 29.7 Å². The number of anilines is 1. The fourth-order valence-corrected chi connectivity index (χ4v) is 7.15. The van der Waals surface area contributed by atoms with Gasteiger partial charge in [-0.05, 0) is 30.7 Å². The number of nitrogens with one attached hydrogen (secondary N) is 1. The number of primary amides is 1. The lowest BCUT2D eigenvalue weighted by molar-refractivity contribution is -0.135. The molecule has 4 heterocycles. The molecule has 178 valence electrons. The first kappa shape index (κ1) is 23.0. The van der Waals surface area contributed by atoms with E-state index in [2.05, 4.69) is 10.3 Å². The van der Waals surface area contributed by atoms with Crippen LogP contribution in [0.4, 0.5) is 10.5 Å². The molecule has 12 heteroatoms. The highest BCUT2D eigenvalue weighted by molar-refractivity contribution is 8.00. The summed E-state index contributed by atoms with van der Waals surface area (Å²) in [4.78, 5) is 68.5. The Balaban J connectivity index is 1.55. The molecular weight excluding hydrogens is 490 g/mol. The Morgan fingerprint density at radius 2 is 1.86 bits per heavy atom. The molecule has 2 aromatic heterocycles. The second-order valence-electron chi connectivity index (χ2n) is 8.22. The minimum Gasteiger partial charge on any atom is -0.351 e.